The molecule has 0 aliphatic rings. The summed E-state index contributed by atoms with van der Waals surface area (Å²) in [5.74, 6) is -1.09. The average Bonchev–Trinajstić information content (AvgIpc) is 2.94. The van der Waals surface area contributed by atoms with E-state index in [-0.39, 0.29) is 18.1 Å². The van der Waals surface area contributed by atoms with Crippen molar-refractivity contribution >= 4 is 21.4 Å². The molecular weight excluding hydrogens is 302 g/mol. The van der Waals surface area contributed by atoms with Crippen molar-refractivity contribution in [3.8, 4) is 10.8 Å². The zero-order valence-electron chi connectivity index (χ0n) is 9.29. The number of nitrogens with two attached hydrogens (primary N) is 1. The number of nitrogens with zero attached hydrogens (tertiary/aromatic N) is 3. The molecule has 19 heavy (non-hydrogen) atoms. The number of aryl methyl sites for hydroxylation is 1. The molecule has 0 amide bonds. The molecule has 0 aromatic carbocycles. The van der Waals surface area contributed by atoms with Crippen LogP contribution >= 0.6 is 11.3 Å². The summed E-state index contributed by atoms with van der Waals surface area (Å²) in [6, 6.07) is 0. The van der Waals surface area contributed by atoms with E-state index in [1.165, 1.54) is 6.20 Å². The molecular formula is C8H8F2N4O3S2. The summed E-state index contributed by atoms with van der Waals surface area (Å²) in [5.41, 5.74) is 0. The molecule has 2 heterocycles. The summed E-state index contributed by atoms with van der Waals surface area (Å²) in [6.45, 7) is 0. The number of sulfonamides is 1. The molecule has 0 saturated heterocycles. The lowest BCUT2D eigenvalue weighted by molar-refractivity contribution is 0.116. The van der Waals surface area contributed by atoms with Gasteiger partial charge in [-0.3, -0.25) is 0 Å². The number of rotatable bonds is 5. The van der Waals surface area contributed by atoms with Crippen molar-refractivity contribution in [3.63, 3.8) is 0 Å². The van der Waals surface area contributed by atoms with Crippen molar-refractivity contribution in [2.45, 2.75) is 12.8 Å². The van der Waals surface area contributed by atoms with Gasteiger partial charge in [0.1, 0.15) is 4.88 Å². The van der Waals surface area contributed by atoms with Crippen molar-refractivity contribution in [3.05, 3.63) is 17.1 Å². The first-order chi connectivity index (χ1) is 8.85. The Labute approximate surface area is 110 Å². The molecule has 11 heteroatoms. The molecule has 2 N–H and O–H groups in total. The predicted octanol–water partition coefficient (Wildman–Crippen LogP) is 0.962. The van der Waals surface area contributed by atoms with Gasteiger partial charge in [0.15, 0.2) is 0 Å². The fraction of sp³-hybridized carbons (Fsp3) is 0.375. The molecule has 0 unspecified atom stereocenters. The predicted molar refractivity (Wildman–Crippen MR) is 62.0 cm³/mol. The molecule has 104 valence electrons. The first kappa shape index (κ1) is 14.0. The molecule has 7 nitrogen and oxygen atoms in total. The fourth-order valence-electron chi connectivity index (χ4n) is 1.18. The first-order valence-electron chi connectivity index (χ1n) is 4.92. The normalized spacial score (nSPS) is 12.2. The van der Waals surface area contributed by atoms with Gasteiger partial charge in [-0.1, -0.05) is 0 Å². The molecule has 0 radical (unpaired) electrons. The molecule has 0 atom stereocenters. The summed E-state index contributed by atoms with van der Waals surface area (Å²) in [4.78, 5) is 4.33. The van der Waals surface area contributed by atoms with Crippen molar-refractivity contribution in [2.24, 2.45) is 5.14 Å². The van der Waals surface area contributed by atoms with E-state index < -0.39 is 22.3 Å². The van der Waals surface area contributed by atoms with Crippen LogP contribution in [0.1, 0.15) is 17.3 Å². The third-order valence-electron chi connectivity index (χ3n) is 1.99. The molecule has 0 aliphatic heterocycles. The monoisotopic (exact) mass is 310 g/mol. The SMILES string of the molecule is NS(=O)(=O)CCc1ncc(-c2nnc(C(F)F)o2)s1. The smallest absolute Gasteiger partial charge is 0.314 e. The number of aromatic nitrogens is 3. The minimum Gasteiger partial charge on any atom is -0.414 e. The largest absolute Gasteiger partial charge is 0.414 e. The molecule has 0 fully saturated rings. The number of hydrogen-bond acceptors (Lipinski definition) is 7. The highest BCUT2D eigenvalue weighted by molar-refractivity contribution is 7.89. The third kappa shape index (κ3) is 3.75. The van der Waals surface area contributed by atoms with E-state index in [2.05, 4.69) is 15.2 Å². The summed E-state index contributed by atoms with van der Waals surface area (Å²) >= 11 is 1.08. The lowest BCUT2D eigenvalue weighted by atomic mass is 10.5. The summed E-state index contributed by atoms with van der Waals surface area (Å²) in [7, 11) is -3.57. The second-order valence-electron chi connectivity index (χ2n) is 3.48. The maximum absolute atomic E-state index is 12.3. The summed E-state index contributed by atoms with van der Waals surface area (Å²) in [6.07, 6.45) is -1.35. The number of hydrogen-bond donors (Lipinski definition) is 1. The van der Waals surface area contributed by atoms with Gasteiger partial charge in [-0.25, -0.2) is 18.5 Å². The first-order valence-corrected chi connectivity index (χ1v) is 7.45. The number of thiazole rings is 1. The Morgan fingerprint density at radius 3 is 2.74 bits per heavy atom. The van der Waals surface area contributed by atoms with E-state index in [0.29, 0.717) is 9.88 Å². The Balaban J connectivity index is 2.11. The molecule has 0 saturated carbocycles. The van der Waals surface area contributed by atoms with Gasteiger partial charge >= 0.3 is 6.43 Å². The Morgan fingerprint density at radius 1 is 1.42 bits per heavy atom. The van der Waals surface area contributed by atoms with E-state index >= 15 is 0 Å². The van der Waals surface area contributed by atoms with Crippen LogP contribution in [0.4, 0.5) is 8.78 Å². The Morgan fingerprint density at radius 2 is 2.16 bits per heavy atom. The zero-order valence-corrected chi connectivity index (χ0v) is 10.9. The van der Waals surface area contributed by atoms with Crippen LogP contribution in [-0.2, 0) is 16.4 Å². The van der Waals surface area contributed by atoms with Crippen LogP contribution in [0.3, 0.4) is 0 Å². The van der Waals surface area contributed by atoms with Crippen LogP contribution in [0.25, 0.3) is 10.8 Å². The van der Waals surface area contributed by atoms with Crippen LogP contribution in [0.2, 0.25) is 0 Å². The maximum atomic E-state index is 12.3. The Hall–Kier alpha value is -1.46. The lowest BCUT2D eigenvalue weighted by Gasteiger charge is -1.93. The molecule has 0 bridgehead atoms. The van der Waals surface area contributed by atoms with Crippen molar-refractivity contribution < 1.29 is 21.6 Å². The lowest BCUT2D eigenvalue weighted by Crippen LogP contribution is -2.17. The van der Waals surface area contributed by atoms with Crippen LogP contribution in [0.5, 0.6) is 0 Å². The van der Waals surface area contributed by atoms with Crippen LogP contribution in [-0.4, -0.2) is 29.4 Å². The summed E-state index contributed by atoms with van der Waals surface area (Å²) in [5, 5.41) is 12.0. The van der Waals surface area contributed by atoms with Gasteiger partial charge in [0.25, 0.3) is 11.8 Å². The Bertz CT molecular complexity index is 667. The van der Waals surface area contributed by atoms with E-state index in [4.69, 9.17) is 9.56 Å². The van der Waals surface area contributed by atoms with Gasteiger partial charge < -0.3 is 4.42 Å². The highest BCUT2D eigenvalue weighted by Gasteiger charge is 2.18. The summed E-state index contributed by atoms with van der Waals surface area (Å²) < 4.78 is 50.9. The third-order valence-corrected chi connectivity index (χ3v) is 3.81. The van der Waals surface area contributed by atoms with Crippen molar-refractivity contribution in [2.75, 3.05) is 5.75 Å². The minimum absolute atomic E-state index is 0.0744. The maximum Gasteiger partial charge on any atom is 0.314 e. The topological polar surface area (TPSA) is 112 Å². The molecule has 2 aromatic rings. The van der Waals surface area contributed by atoms with Crippen molar-refractivity contribution in [1.82, 2.24) is 15.2 Å². The van der Waals surface area contributed by atoms with E-state index in [9.17, 15) is 17.2 Å². The van der Waals surface area contributed by atoms with Crippen molar-refractivity contribution in [1.29, 1.82) is 0 Å². The fourth-order valence-corrected chi connectivity index (χ4v) is 2.62. The van der Waals surface area contributed by atoms with E-state index in [1.54, 1.807) is 0 Å². The highest BCUT2D eigenvalue weighted by Crippen LogP contribution is 2.27. The van der Waals surface area contributed by atoms with Gasteiger partial charge in [-0.05, 0) is 0 Å². The van der Waals surface area contributed by atoms with E-state index in [0.717, 1.165) is 11.3 Å². The number of alkyl halides is 2. The minimum atomic E-state index is -3.57. The van der Waals surface area contributed by atoms with Gasteiger partial charge in [-0.15, -0.1) is 21.5 Å². The van der Waals surface area contributed by atoms with Gasteiger partial charge in [0.2, 0.25) is 10.0 Å². The second-order valence-corrected chi connectivity index (χ2v) is 6.33. The highest BCUT2D eigenvalue weighted by atomic mass is 32.2. The van der Waals surface area contributed by atoms with Crippen LogP contribution < -0.4 is 5.14 Å². The zero-order chi connectivity index (χ0) is 14.0. The van der Waals surface area contributed by atoms with Gasteiger partial charge in [0.05, 0.1) is 17.0 Å². The number of halogens is 2. The number of primary sulfonamides is 1. The Kier molecular flexibility index (Phi) is 3.87. The molecule has 0 aliphatic carbocycles. The molecule has 2 aromatic heterocycles. The van der Waals surface area contributed by atoms with Gasteiger partial charge in [-0.2, -0.15) is 8.78 Å². The quantitative estimate of drug-likeness (QED) is 0.880. The van der Waals surface area contributed by atoms with Gasteiger partial charge in [0, 0.05) is 6.42 Å². The average molecular weight is 310 g/mol. The van der Waals surface area contributed by atoms with Crippen LogP contribution in [0, 0.1) is 0 Å². The molecule has 0 spiro atoms. The van der Waals surface area contributed by atoms with Crippen LogP contribution in [0.15, 0.2) is 10.6 Å². The second kappa shape index (κ2) is 5.27. The standard InChI is InChI=1S/C8H8F2N4O3S2/c9-6(10)8-14-13-7(17-8)4-3-12-5(18-4)1-2-19(11,15)16/h3,6H,1-2H2,(H2,11,15,16). The van der Waals surface area contributed by atoms with E-state index in [1.807, 2.05) is 0 Å². The molecule has 2 rings (SSSR count).